The number of anilines is 1. The van der Waals surface area contributed by atoms with Crippen LogP contribution in [-0.4, -0.2) is 23.2 Å². The average molecular weight is 279 g/mol. The number of ether oxygens (including phenoxy) is 1. The summed E-state index contributed by atoms with van der Waals surface area (Å²) in [6.45, 7) is 5.38. The highest BCUT2D eigenvalue weighted by Crippen LogP contribution is 2.32. The van der Waals surface area contributed by atoms with Gasteiger partial charge in [-0.05, 0) is 32.9 Å². The molecule has 1 aromatic rings. The van der Waals surface area contributed by atoms with Gasteiger partial charge in [0.05, 0.1) is 5.69 Å². The van der Waals surface area contributed by atoms with Crippen molar-refractivity contribution >= 4 is 29.3 Å². The number of thioether (sulfide) groups is 1. The van der Waals surface area contributed by atoms with Crippen molar-refractivity contribution in [2.75, 3.05) is 11.1 Å². The number of para-hydroxylation sites is 1. The second-order valence-electron chi connectivity index (χ2n) is 5.38. The molecule has 0 radical (unpaired) electrons. The molecule has 1 heterocycles. The van der Waals surface area contributed by atoms with Gasteiger partial charge in [-0.25, -0.2) is 0 Å². The molecule has 1 amide bonds. The van der Waals surface area contributed by atoms with Crippen molar-refractivity contribution in [2.24, 2.45) is 5.92 Å². The van der Waals surface area contributed by atoms with Gasteiger partial charge in [0.25, 0.3) is 0 Å². The van der Waals surface area contributed by atoms with Crippen LogP contribution in [0.2, 0.25) is 0 Å². The first-order chi connectivity index (χ1) is 8.87. The van der Waals surface area contributed by atoms with Crippen LogP contribution in [0.25, 0.3) is 0 Å². The van der Waals surface area contributed by atoms with Crippen molar-refractivity contribution in [1.29, 1.82) is 0 Å². The number of esters is 1. The molecule has 0 aromatic heterocycles. The Morgan fingerprint density at radius 1 is 1.37 bits per heavy atom. The van der Waals surface area contributed by atoms with Gasteiger partial charge in [0.2, 0.25) is 5.91 Å². The first-order valence-electron chi connectivity index (χ1n) is 6.12. The van der Waals surface area contributed by atoms with Crippen LogP contribution in [0.4, 0.5) is 5.69 Å². The Kier molecular flexibility index (Phi) is 3.85. The van der Waals surface area contributed by atoms with Crippen LogP contribution in [0.5, 0.6) is 0 Å². The molecule has 0 saturated carbocycles. The monoisotopic (exact) mass is 279 g/mol. The summed E-state index contributed by atoms with van der Waals surface area (Å²) < 4.78 is 5.29. The number of amides is 1. The van der Waals surface area contributed by atoms with Crippen LogP contribution in [0.1, 0.15) is 20.8 Å². The average Bonchev–Trinajstić information content (AvgIpc) is 2.44. The number of carbonyl (C=O) groups is 2. The minimum absolute atomic E-state index is 0.299. The zero-order valence-corrected chi connectivity index (χ0v) is 12.0. The normalized spacial score (nSPS) is 19.1. The molecule has 0 saturated heterocycles. The summed E-state index contributed by atoms with van der Waals surface area (Å²) in [5.74, 6) is -1.13. The Hall–Kier alpha value is -1.49. The first-order valence-corrected chi connectivity index (χ1v) is 7.11. The van der Waals surface area contributed by atoms with Crippen LogP contribution in [-0.2, 0) is 14.3 Å². The van der Waals surface area contributed by atoms with Gasteiger partial charge in [0.1, 0.15) is 11.5 Å². The Bertz CT molecular complexity index is 508. The standard InChI is InChI=1S/C14H17NO3S/c1-14(2,3)18-13(17)9-8-19-11-7-5-4-6-10(11)15-12(9)16/h4-7,9H,8H2,1-3H3,(H,15,16)/t9-/m0/s1. The van der Waals surface area contributed by atoms with Gasteiger partial charge < -0.3 is 10.1 Å². The predicted octanol–water partition coefficient (Wildman–Crippen LogP) is 2.69. The Morgan fingerprint density at radius 2 is 2.05 bits per heavy atom. The van der Waals surface area contributed by atoms with E-state index < -0.39 is 17.5 Å². The van der Waals surface area contributed by atoms with Crippen molar-refractivity contribution in [3.8, 4) is 0 Å². The Labute approximate surface area is 116 Å². The molecule has 19 heavy (non-hydrogen) atoms. The first kappa shape index (κ1) is 13.9. The zero-order valence-electron chi connectivity index (χ0n) is 11.2. The number of rotatable bonds is 1. The van der Waals surface area contributed by atoms with Gasteiger partial charge in [0, 0.05) is 10.6 Å². The maximum atomic E-state index is 12.1. The lowest BCUT2D eigenvalue weighted by atomic mass is 10.1. The smallest absolute Gasteiger partial charge is 0.319 e. The third-order valence-electron chi connectivity index (χ3n) is 2.56. The molecule has 1 aliphatic rings. The number of hydrogen-bond acceptors (Lipinski definition) is 4. The zero-order chi connectivity index (χ0) is 14.0. The SMILES string of the molecule is CC(C)(C)OC(=O)[C@H]1CSc2ccccc2NC1=O. The minimum atomic E-state index is -0.767. The van der Waals surface area contributed by atoms with E-state index in [4.69, 9.17) is 4.74 Å². The van der Waals surface area contributed by atoms with E-state index >= 15 is 0 Å². The van der Waals surface area contributed by atoms with Crippen LogP contribution in [0.15, 0.2) is 29.2 Å². The molecule has 1 atom stereocenters. The highest BCUT2D eigenvalue weighted by molar-refractivity contribution is 7.99. The molecule has 0 spiro atoms. The molecule has 1 aromatic carbocycles. The van der Waals surface area contributed by atoms with E-state index in [1.165, 1.54) is 11.8 Å². The second-order valence-corrected chi connectivity index (χ2v) is 6.44. The van der Waals surface area contributed by atoms with Crippen LogP contribution in [0, 0.1) is 5.92 Å². The molecule has 1 N–H and O–H groups in total. The van der Waals surface area contributed by atoms with Gasteiger partial charge >= 0.3 is 5.97 Å². The van der Waals surface area contributed by atoms with Gasteiger partial charge in [-0.15, -0.1) is 11.8 Å². The third-order valence-corrected chi connectivity index (χ3v) is 3.73. The summed E-state index contributed by atoms with van der Waals surface area (Å²) in [5, 5.41) is 2.78. The summed E-state index contributed by atoms with van der Waals surface area (Å²) in [4.78, 5) is 25.1. The molecule has 5 heteroatoms. The van der Waals surface area contributed by atoms with Crippen LogP contribution < -0.4 is 5.32 Å². The minimum Gasteiger partial charge on any atom is -0.459 e. The van der Waals surface area contributed by atoms with Gasteiger partial charge in [-0.1, -0.05) is 12.1 Å². The molecule has 0 unspecified atom stereocenters. The van der Waals surface area contributed by atoms with E-state index in [9.17, 15) is 9.59 Å². The Morgan fingerprint density at radius 3 is 2.74 bits per heavy atom. The van der Waals surface area contributed by atoms with E-state index in [0.29, 0.717) is 5.75 Å². The maximum absolute atomic E-state index is 12.1. The number of benzene rings is 1. The molecule has 1 aliphatic heterocycles. The molecule has 0 aliphatic carbocycles. The molecule has 4 nitrogen and oxygen atoms in total. The predicted molar refractivity (Wildman–Crippen MR) is 75.1 cm³/mol. The van der Waals surface area contributed by atoms with E-state index in [2.05, 4.69) is 5.32 Å². The summed E-state index contributed by atoms with van der Waals surface area (Å²) in [5.41, 5.74) is 0.171. The lowest BCUT2D eigenvalue weighted by Gasteiger charge is -2.22. The number of carbonyl (C=O) groups excluding carboxylic acids is 2. The fourth-order valence-electron chi connectivity index (χ4n) is 1.71. The van der Waals surface area contributed by atoms with Crippen molar-refractivity contribution < 1.29 is 14.3 Å². The number of hydrogen-bond donors (Lipinski definition) is 1. The largest absolute Gasteiger partial charge is 0.459 e. The fourth-order valence-corrected chi connectivity index (χ4v) is 2.80. The van der Waals surface area contributed by atoms with Gasteiger partial charge in [-0.2, -0.15) is 0 Å². The lowest BCUT2D eigenvalue weighted by Crippen LogP contribution is -2.36. The van der Waals surface area contributed by atoms with Crippen LogP contribution in [0.3, 0.4) is 0 Å². The summed E-state index contributed by atoms with van der Waals surface area (Å²) in [6, 6.07) is 7.52. The van der Waals surface area contributed by atoms with Crippen molar-refractivity contribution in [1.82, 2.24) is 0 Å². The quantitative estimate of drug-likeness (QED) is 0.634. The molecule has 0 fully saturated rings. The third kappa shape index (κ3) is 3.50. The molecule has 102 valence electrons. The molecular formula is C14H17NO3S. The van der Waals surface area contributed by atoms with Crippen molar-refractivity contribution in [3.63, 3.8) is 0 Å². The molecule has 0 bridgehead atoms. The molecular weight excluding hydrogens is 262 g/mol. The van der Waals surface area contributed by atoms with E-state index in [-0.39, 0.29) is 5.91 Å². The highest BCUT2D eigenvalue weighted by atomic mass is 32.2. The fraction of sp³-hybridized carbons (Fsp3) is 0.429. The van der Waals surface area contributed by atoms with E-state index in [1.807, 2.05) is 24.3 Å². The number of nitrogens with one attached hydrogen (secondary N) is 1. The topological polar surface area (TPSA) is 55.4 Å². The Balaban J connectivity index is 2.14. The second kappa shape index (κ2) is 5.25. The number of fused-ring (bicyclic) bond motifs is 1. The highest BCUT2D eigenvalue weighted by Gasteiger charge is 2.33. The van der Waals surface area contributed by atoms with Crippen LogP contribution >= 0.6 is 11.8 Å². The summed E-state index contributed by atoms with van der Waals surface area (Å²) in [6.07, 6.45) is 0. The van der Waals surface area contributed by atoms with Gasteiger partial charge in [-0.3, -0.25) is 9.59 Å². The maximum Gasteiger partial charge on any atom is 0.319 e. The van der Waals surface area contributed by atoms with Crippen molar-refractivity contribution in [3.05, 3.63) is 24.3 Å². The van der Waals surface area contributed by atoms with E-state index in [0.717, 1.165) is 10.6 Å². The molecule has 2 rings (SSSR count). The van der Waals surface area contributed by atoms with E-state index in [1.54, 1.807) is 20.8 Å². The van der Waals surface area contributed by atoms with Crippen molar-refractivity contribution in [2.45, 2.75) is 31.3 Å². The summed E-state index contributed by atoms with van der Waals surface area (Å²) >= 11 is 1.49. The summed E-state index contributed by atoms with van der Waals surface area (Å²) in [7, 11) is 0. The van der Waals surface area contributed by atoms with Gasteiger partial charge in [0.15, 0.2) is 0 Å². The lowest BCUT2D eigenvalue weighted by molar-refractivity contribution is -0.160.